The van der Waals surface area contributed by atoms with E-state index in [1.165, 1.54) is 26.8 Å². The third kappa shape index (κ3) is 3.56. The first kappa shape index (κ1) is 23.4. The normalized spacial score (nSPS) is 18.5. The zero-order valence-electron chi connectivity index (χ0n) is 20.8. The molecular weight excluding hydrogens is 471 g/mol. The van der Waals surface area contributed by atoms with Crippen LogP contribution >= 0.6 is 6.83 Å². The summed E-state index contributed by atoms with van der Waals surface area (Å²) in [7, 11) is 1.69. The van der Waals surface area contributed by atoms with E-state index < -0.39 is 6.83 Å². The molecular formula is C34H29O2P. The third-order valence-corrected chi connectivity index (χ3v) is 13.2. The van der Waals surface area contributed by atoms with Gasteiger partial charge in [-0.15, -0.1) is 0 Å². The first-order valence-electron chi connectivity index (χ1n) is 12.5. The van der Waals surface area contributed by atoms with E-state index in [9.17, 15) is 0 Å². The fourth-order valence-electron chi connectivity index (χ4n) is 5.69. The van der Waals surface area contributed by atoms with Gasteiger partial charge in [-0.3, -0.25) is 0 Å². The zero-order valence-corrected chi connectivity index (χ0v) is 21.7. The van der Waals surface area contributed by atoms with E-state index >= 15 is 0 Å². The molecule has 5 aromatic rings. The number of fused-ring (bicyclic) bond motifs is 1. The second kappa shape index (κ2) is 9.48. The summed E-state index contributed by atoms with van der Waals surface area (Å²) in [5, 5.41) is 4.89. The molecule has 6 rings (SSSR count). The Hall–Kier alpha value is -3.97. The molecule has 37 heavy (non-hydrogen) atoms. The predicted molar refractivity (Wildman–Crippen MR) is 157 cm³/mol. The van der Waals surface area contributed by atoms with Crippen LogP contribution in [-0.4, -0.2) is 7.11 Å². The molecule has 0 N–H and O–H groups in total. The fourth-order valence-corrected chi connectivity index (χ4v) is 11.8. The molecule has 1 unspecified atom stereocenters. The number of rotatable bonds is 6. The van der Waals surface area contributed by atoms with E-state index in [-0.39, 0.29) is 6.10 Å². The Morgan fingerprint density at radius 1 is 0.595 bits per heavy atom. The van der Waals surface area contributed by atoms with Crippen LogP contribution in [0.5, 0.6) is 5.75 Å². The van der Waals surface area contributed by atoms with Gasteiger partial charge in [0.25, 0.3) is 0 Å². The maximum absolute atomic E-state index is 7.65. The van der Waals surface area contributed by atoms with Crippen LogP contribution in [0.3, 0.4) is 0 Å². The molecule has 0 amide bonds. The van der Waals surface area contributed by atoms with Crippen LogP contribution in [0.4, 0.5) is 0 Å². The van der Waals surface area contributed by atoms with Crippen molar-refractivity contribution in [2.24, 2.45) is 0 Å². The fraction of sp³-hybridized carbons (Fsp3) is 0.0588. The average Bonchev–Trinajstić information content (AvgIpc) is 3.30. The van der Waals surface area contributed by atoms with Crippen molar-refractivity contribution in [2.45, 2.75) is 6.10 Å². The van der Waals surface area contributed by atoms with Crippen LogP contribution in [0.2, 0.25) is 0 Å². The van der Waals surface area contributed by atoms with Crippen LogP contribution in [0.1, 0.15) is 17.2 Å². The molecule has 1 aliphatic rings. The summed E-state index contributed by atoms with van der Waals surface area (Å²) in [5.74, 6) is 0.849. The van der Waals surface area contributed by atoms with Crippen LogP contribution in [0, 0.1) is 0 Å². The summed E-state index contributed by atoms with van der Waals surface area (Å²) >= 11 is 0. The first-order valence-corrected chi connectivity index (χ1v) is 14.7. The van der Waals surface area contributed by atoms with Crippen LogP contribution < -0.4 is 26.0 Å². The van der Waals surface area contributed by atoms with Crippen molar-refractivity contribution in [1.29, 1.82) is 0 Å². The van der Waals surface area contributed by atoms with Crippen molar-refractivity contribution in [3.63, 3.8) is 0 Å². The topological polar surface area (TPSA) is 18.5 Å². The minimum absolute atomic E-state index is 0.211. The van der Waals surface area contributed by atoms with E-state index in [4.69, 9.17) is 9.26 Å². The van der Waals surface area contributed by atoms with Crippen molar-refractivity contribution in [1.82, 2.24) is 0 Å². The van der Waals surface area contributed by atoms with Crippen molar-refractivity contribution in [3.8, 4) is 5.75 Å². The standard InChI is InChI=1S/C34H29O2P/c1-35-28-24-21-27(22-25-28)23-26-33-32-19-11-12-20-34(32)37(36-33,29-13-5-2-6-14-29,30-15-7-3-8-16-30)31-17-9-4-10-18-31/h2-26,33H,1H3. The number of hydrogen-bond acceptors (Lipinski definition) is 2. The predicted octanol–water partition coefficient (Wildman–Crippen LogP) is 6.55. The molecule has 5 aromatic carbocycles. The molecule has 0 radical (unpaired) electrons. The van der Waals surface area contributed by atoms with Gasteiger partial charge in [0.05, 0.1) is 0 Å². The summed E-state index contributed by atoms with van der Waals surface area (Å²) in [6.45, 7) is -3.55. The van der Waals surface area contributed by atoms with Gasteiger partial charge in [0.2, 0.25) is 0 Å². The summed E-state index contributed by atoms with van der Waals surface area (Å²) in [4.78, 5) is 0. The number of ether oxygens (including phenoxy) is 1. The summed E-state index contributed by atoms with van der Waals surface area (Å²) in [6, 6.07) is 49.3. The summed E-state index contributed by atoms with van der Waals surface area (Å²) < 4.78 is 13.0. The zero-order chi connectivity index (χ0) is 25.2. The molecule has 2 nitrogen and oxygen atoms in total. The monoisotopic (exact) mass is 500 g/mol. The Morgan fingerprint density at radius 3 is 1.59 bits per heavy atom. The van der Waals surface area contributed by atoms with Crippen molar-refractivity contribution in [2.75, 3.05) is 7.11 Å². The molecule has 0 fully saturated rings. The first-order chi connectivity index (χ1) is 18.3. The van der Waals surface area contributed by atoms with Gasteiger partial charge in [-0.25, -0.2) is 0 Å². The molecule has 1 atom stereocenters. The van der Waals surface area contributed by atoms with Gasteiger partial charge in [-0.05, 0) is 0 Å². The second-order valence-electron chi connectivity index (χ2n) is 9.26. The Balaban J connectivity index is 1.65. The quantitative estimate of drug-likeness (QED) is 0.246. The van der Waals surface area contributed by atoms with Crippen LogP contribution in [0.15, 0.2) is 146 Å². The molecule has 0 bridgehead atoms. The molecule has 0 saturated carbocycles. The van der Waals surface area contributed by atoms with Crippen LogP contribution in [-0.2, 0) is 4.52 Å². The Bertz CT molecular complexity index is 1430. The van der Waals surface area contributed by atoms with E-state index in [1.54, 1.807) is 7.11 Å². The Kier molecular flexibility index (Phi) is 6.00. The molecule has 0 aromatic heterocycles. The number of methoxy groups -OCH3 is 1. The van der Waals surface area contributed by atoms with Gasteiger partial charge in [0.1, 0.15) is 0 Å². The van der Waals surface area contributed by atoms with Crippen molar-refractivity contribution < 1.29 is 9.26 Å². The number of hydrogen-bond donors (Lipinski definition) is 0. The van der Waals surface area contributed by atoms with Gasteiger partial charge in [-0.1, -0.05) is 0 Å². The molecule has 3 heteroatoms. The van der Waals surface area contributed by atoms with Gasteiger partial charge in [0.15, 0.2) is 0 Å². The molecule has 0 aliphatic carbocycles. The van der Waals surface area contributed by atoms with Gasteiger partial charge in [-0.2, -0.15) is 0 Å². The summed E-state index contributed by atoms with van der Waals surface area (Å²) in [6.07, 6.45) is 4.14. The number of benzene rings is 5. The minimum atomic E-state index is -3.55. The van der Waals surface area contributed by atoms with E-state index in [0.717, 1.165) is 11.3 Å². The van der Waals surface area contributed by atoms with Gasteiger partial charge < -0.3 is 0 Å². The average molecular weight is 501 g/mol. The Labute approximate surface area is 218 Å². The molecule has 1 aliphatic heterocycles. The van der Waals surface area contributed by atoms with E-state index in [2.05, 4.69) is 140 Å². The molecule has 0 saturated heterocycles. The van der Waals surface area contributed by atoms with Crippen molar-refractivity contribution in [3.05, 3.63) is 157 Å². The van der Waals surface area contributed by atoms with Crippen LogP contribution in [0.25, 0.3) is 6.08 Å². The summed E-state index contributed by atoms with van der Waals surface area (Å²) in [5.41, 5.74) is 2.31. The SMILES string of the molecule is COc1ccc(C=CC2OP(c3ccccc3)(c3ccccc3)(c3ccccc3)c3ccccc32)cc1. The molecule has 182 valence electrons. The van der Waals surface area contributed by atoms with Gasteiger partial charge >= 0.3 is 219 Å². The third-order valence-electron chi connectivity index (χ3n) is 7.35. The maximum atomic E-state index is 7.65. The molecule has 0 spiro atoms. The van der Waals surface area contributed by atoms with E-state index in [0.29, 0.717) is 0 Å². The molecule has 1 heterocycles. The van der Waals surface area contributed by atoms with Gasteiger partial charge in [0, 0.05) is 0 Å². The van der Waals surface area contributed by atoms with E-state index in [1.807, 2.05) is 12.1 Å². The van der Waals surface area contributed by atoms with Crippen molar-refractivity contribution >= 4 is 34.1 Å². The Morgan fingerprint density at radius 2 is 1.08 bits per heavy atom. The second-order valence-corrected chi connectivity index (χ2v) is 13.6.